The van der Waals surface area contributed by atoms with E-state index in [0.717, 1.165) is 0 Å². The molecule has 0 spiro atoms. The first-order valence-corrected chi connectivity index (χ1v) is 4.73. The molecule has 2 heterocycles. The molecule has 1 aromatic heterocycles. The molecule has 0 aliphatic carbocycles. The smallest absolute Gasteiger partial charge is 0.349 e. The van der Waals surface area contributed by atoms with Gasteiger partial charge in [-0.25, -0.2) is 4.79 Å². The molecule has 0 saturated heterocycles. The summed E-state index contributed by atoms with van der Waals surface area (Å²) in [5, 5.41) is 8.33. The van der Waals surface area contributed by atoms with Crippen molar-refractivity contribution in [2.75, 3.05) is 17.2 Å². The van der Waals surface area contributed by atoms with Crippen molar-refractivity contribution in [3.63, 3.8) is 0 Å². The number of nitrogens with zero attached hydrogens (tertiary/aromatic N) is 3. The van der Waals surface area contributed by atoms with Crippen LogP contribution in [-0.2, 0) is 9.53 Å². The van der Waals surface area contributed by atoms with Gasteiger partial charge in [0.05, 0.1) is 6.26 Å². The van der Waals surface area contributed by atoms with Crippen molar-refractivity contribution in [2.24, 2.45) is 0 Å². The van der Waals surface area contributed by atoms with Crippen LogP contribution in [0.15, 0.2) is 24.5 Å². The van der Waals surface area contributed by atoms with Gasteiger partial charge < -0.3 is 27.0 Å². The summed E-state index contributed by atoms with van der Waals surface area (Å²) in [5.41, 5.74) is 15.4. The summed E-state index contributed by atoms with van der Waals surface area (Å²) in [7, 11) is 0. The monoisotopic (exact) mass is 252 g/mol. The van der Waals surface area contributed by atoms with Crippen LogP contribution in [0, 0.1) is 0 Å². The second-order valence-corrected chi connectivity index (χ2v) is 3.02. The normalized spacial score (nSPS) is 16.3. The van der Waals surface area contributed by atoms with Gasteiger partial charge in [-0.1, -0.05) is 6.08 Å². The number of hydrogen-bond donors (Lipinski definition) is 4. The highest BCUT2D eigenvalue weighted by Gasteiger charge is 2.13. The van der Waals surface area contributed by atoms with Crippen LogP contribution in [0.2, 0.25) is 0 Å². The molecule has 1 atom stereocenters. The summed E-state index contributed by atoms with van der Waals surface area (Å²) in [5.74, 6) is -0.837. The molecule has 7 N–H and O–H groups in total. The zero-order chi connectivity index (χ0) is 13.5. The second kappa shape index (κ2) is 6.03. The molecule has 0 bridgehead atoms. The first-order valence-electron chi connectivity index (χ1n) is 4.73. The quantitative estimate of drug-likeness (QED) is 0.498. The summed E-state index contributed by atoms with van der Waals surface area (Å²) in [4.78, 5) is 20.6. The van der Waals surface area contributed by atoms with Crippen LogP contribution in [0.25, 0.3) is 0 Å². The fourth-order valence-electron chi connectivity index (χ4n) is 0.953. The summed E-state index contributed by atoms with van der Waals surface area (Å²) < 4.78 is 4.67. The van der Waals surface area contributed by atoms with E-state index in [-0.39, 0.29) is 17.8 Å². The number of aromatic nitrogens is 3. The number of nitrogen functional groups attached to an aromatic ring is 3. The minimum absolute atomic E-state index is 0.0417. The number of rotatable bonds is 1. The Morgan fingerprint density at radius 3 is 1.89 bits per heavy atom. The Kier molecular flexibility index (Phi) is 4.43. The van der Waals surface area contributed by atoms with Crippen molar-refractivity contribution >= 4 is 23.8 Å². The SMILES string of the molecule is Nc1nc(N)nc(N)n1.O=C(O)C1C=CC=CO1. The predicted octanol–water partition coefficient (Wildman–Crippen LogP) is -0.842. The van der Waals surface area contributed by atoms with Crippen molar-refractivity contribution in [1.29, 1.82) is 0 Å². The maximum absolute atomic E-state index is 10.1. The molecule has 18 heavy (non-hydrogen) atoms. The van der Waals surface area contributed by atoms with Gasteiger partial charge >= 0.3 is 5.97 Å². The first kappa shape index (κ1) is 13.2. The number of carboxylic acid groups (broad SMARTS) is 1. The van der Waals surface area contributed by atoms with E-state index in [1.165, 1.54) is 12.3 Å². The Hall–Kier alpha value is -2.84. The average Bonchev–Trinajstić information content (AvgIpc) is 2.29. The molecule has 1 aromatic rings. The Morgan fingerprint density at radius 2 is 1.61 bits per heavy atom. The standard InChI is InChI=1S/C6H6O3.C3H6N6/c7-6(8)5-3-1-2-4-9-5;4-1-7-2(5)9-3(6)8-1/h1-5H,(H,7,8);(H6,4,5,6,7,8,9). The second-order valence-electron chi connectivity index (χ2n) is 3.02. The van der Waals surface area contributed by atoms with Crippen molar-refractivity contribution in [3.05, 3.63) is 24.5 Å². The molecule has 1 unspecified atom stereocenters. The molecule has 0 radical (unpaired) electrons. The maximum Gasteiger partial charge on any atom is 0.349 e. The molecule has 1 aliphatic rings. The van der Waals surface area contributed by atoms with Crippen LogP contribution in [0.3, 0.4) is 0 Å². The van der Waals surface area contributed by atoms with E-state index in [2.05, 4.69) is 19.7 Å². The molecule has 9 nitrogen and oxygen atoms in total. The highest BCUT2D eigenvalue weighted by Crippen LogP contribution is 2.01. The average molecular weight is 252 g/mol. The van der Waals surface area contributed by atoms with Crippen LogP contribution in [-0.4, -0.2) is 32.1 Å². The number of hydrogen-bond acceptors (Lipinski definition) is 8. The van der Waals surface area contributed by atoms with E-state index >= 15 is 0 Å². The molecule has 96 valence electrons. The van der Waals surface area contributed by atoms with E-state index in [1.54, 1.807) is 12.2 Å². The number of nitrogens with two attached hydrogens (primary N) is 3. The lowest BCUT2D eigenvalue weighted by Crippen LogP contribution is -2.19. The van der Waals surface area contributed by atoms with Crippen LogP contribution >= 0.6 is 0 Å². The van der Waals surface area contributed by atoms with Crippen LogP contribution in [0.5, 0.6) is 0 Å². The number of carbonyl (C=O) groups is 1. The summed E-state index contributed by atoms with van der Waals surface area (Å²) in [6.45, 7) is 0. The van der Waals surface area contributed by atoms with E-state index in [1.807, 2.05) is 0 Å². The van der Waals surface area contributed by atoms with Gasteiger partial charge in [0, 0.05) is 0 Å². The molecule has 1 aliphatic heterocycles. The van der Waals surface area contributed by atoms with Crippen LogP contribution < -0.4 is 17.2 Å². The third-order valence-corrected chi connectivity index (χ3v) is 1.63. The van der Waals surface area contributed by atoms with Gasteiger partial charge in [0.2, 0.25) is 23.9 Å². The number of anilines is 3. The lowest BCUT2D eigenvalue weighted by Gasteiger charge is -2.08. The number of ether oxygens (including phenoxy) is 1. The number of carboxylic acids is 1. The molecule has 2 rings (SSSR count). The fourth-order valence-corrected chi connectivity index (χ4v) is 0.953. The van der Waals surface area contributed by atoms with Gasteiger partial charge in [0.25, 0.3) is 0 Å². The lowest BCUT2D eigenvalue weighted by atomic mass is 10.3. The molecule has 0 aromatic carbocycles. The van der Waals surface area contributed by atoms with Gasteiger partial charge in [-0.3, -0.25) is 0 Å². The molecule has 0 fully saturated rings. The summed E-state index contributed by atoms with van der Waals surface area (Å²) in [6, 6.07) is 0. The molecule has 0 saturated carbocycles. The molecular weight excluding hydrogens is 240 g/mol. The van der Waals surface area contributed by atoms with Crippen LogP contribution in [0.1, 0.15) is 0 Å². The Morgan fingerprint density at radius 1 is 1.11 bits per heavy atom. The third kappa shape index (κ3) is 4.35. The minimum Gasteiger partial charge on any atom is -0.482 e. The Bertz CT molecular complexity index is 437. The van der Waals surface area contributed by atoms with Gasteiger partial charge in [0.1, 0.15) is 0 Å². The summed E-state index contributed by atoms with van der Waals surface area (Å²) in [6.07, 6.45) is 5.32. The van der Waals surface area contributed by atoms with E-state index in [0.29, 0.717) is 0 Å². The van der Waals surface area contributed by atoms with Crippen molar-refractivity contribution in [3.8, 4) is 0 Å². The topological polar surface area (TPSA) is 163 Å². The zero-order valence-corrected chi connectivity index (χ0v) is 9.22. The maximum atomic E-state index is 10.1. The van der Waals surface area contributed by atoms with Crippen LogP contribution in [0.4, 0.5) is 17.8 Å². The zero-order valence-electron chi connectivity index (χ0n) is 9.22. The van der Waals surface area contributed by atoms with Gasteiger partial charge in [-0.15, -0.1) is 0 Å². The van der Waals surface area contributed by atoms with Crippen molar-refractivity contribution in [1.82, 2.24) is 15.0 Å². The lowest BCUT2D eigenvalue weighted by molar-refractivity contribution is -0.144. The van der Waals surface area contributed by atoms with Gasteiger partial charge in [-0.05, 0) is 12.2 Å². The molecule has 9 heteroatoms. The van der Waals surface area contributed by atoms with E-state index < -0.39 is 12.1 Å². The van der Waals surface area contributed by atoms with Crippen molar-refractivity contribution < 1.29 is 14.6 Å². The van der Waals surface area contributed by atoms with E-state index in [9.17, 15) is 4.79 Å². The van der Waals surface area contributed by atoms with Gasteiger partial charge in [0.15, 0.2) is 0 Å². The van der Waals surface area contributed by atoms with Gasteiger partial charge in [-0.2, -0.15) is 15.0 Å². The molecule has 0 amide bonds. The number of allylic oxidation sites excluding steroid dienone is 2. The predicted molar refractivity (Wildman–Crippen MR) is 63.9 cm³/mol. The Balaban J connectivity index is 0.000000180. The largest absolute Gasteiger partial charge is 0.482 e. The first-order chi connectivity index (χ1) is 8.49. The fraction of sp³-hybridized carbons (Fsp3) is 0.111. The number of aliphatic carboxylic acids is 1. The Labute approximate surface area is 102 Å². The summed E-state index contributed by atoms with van der Waals surface area (Å²) >= 11 is 0. The minimum atomic E-state index is -0.962. The third-order valence-electron chi connectivity index (χ3n) is 1.63. The highest BCUT2D eigenvalue weighted by molar-refractivity contribution is 5.75. The van der Waals surface area contributed by atoms with Crippen molar-refractivity contribution in [2.45, 2.75) is 6.10 Å². The van der Waals surface area contributed by atoms with E-state index in [4.69, 9.17) is 22.3 Å². The highest BCUT2D eigenvalue weighted by atomic mass is 16.5. The molecular formula is C9H12N6O3.